The summed E-state index contributed by atoms with van der Waals surface area (Å²) >= 11 is 17.3. The number of hydrogen-bond acceptors (Lipinski definition) is 5. The summed E-state index contributed by atoms with van der Waals surface area (Å²) in [7, 11) is 0. The molecule has 0 aromatic carbocycles. The second kappa shape index (κ2) is 7.15. The molecule has 0 N–H and O–H groups in total. The Kier molecular flexibility index (Phi) is 10.9. The van der Waals surface area contributed by atoms with Crippen molar-refractivity contribution < 1.29 is 59.1 Å². The van der Waals surface area contributed by atoms with Gasteiger partial charge in [-0.25, -0.2) is 0 Å². The second-order valence-corrected chi connectivity index (χ2v) is 5.59. The Morgan fingerprint density at radius 3 is 1.40 bits per heavy atom. The van der Waals surface area contributed by atoms with Crippen molar-refractivity contribution >= 4 is 60.1 Å². The normalized spacial score (nSPS) is 7.60. The van der Waals surface area contributed by atoms with Crippen LogP contribution in [-0.4, -0.2) is 0 Å². The van der Waals surface area contributed by atoms with Gasteiger partial charge in [0.1, 0.15) is 0 Å². The van der Waals surface area contributed by atoms with E-state index in [1.807, 2.05) is 0 Å². The Morgan fingerprint density at radius 2 is 1.30 bits per heavy atom. The summed E-state index contributed by atoms with van der Waals surface area (Å²) in [5.41, 5.74) is 0. The quantitative estimate of drug-likeness (QED) is 0.262. The minimum absolute atomic E-state index is 0. The van der Waals surface area contributed by atoms with Crippen molar-refractivity contribution in [2.75, 3.05) is 0 Å². The van der Waals surface area contributed by atoms with Crippen molar-refractivity contribution in [2.45, 2.75) is 8.42 Å². The van der Waals surface area contributed by atoms with E-state index >= 15 is 0 Å². The zero-order valence-electron chi connectivity index (χ0n) is 5.54. The molecule has 1 rings (SSSR count). The summed E-state index contributed by atoms with van der Waals surface area (Å²) < 4.78 is 2.35. The second-order valence-electron chi connectivity index (χ2n) is 1.03. The van der Waals surface area contributed by atoms with Crippen LogP contribution >= 0.6 is 34.9 Å². The molecule has 0 radical (unpaired) electrons. The summed E-state index contributed by atoms with van der Waals surface area (Å²) in [6.45, 7) is 0. The largest absolute Gasteiger partial charge is 1.00 e. The SMILES string of the molecule is S=c1sc([S-])c([S-])s1.[Na+].[Na+]. The average molecular weight is 242 g/mol. The molecule has 0 aliphatic carbocycles. The van der Waals surface area contributed by atoms with Crippen molar-refractivity contribution in [1.82, 2.24) is 0 Å². The molecule has 0 atom stereocenters. The van der Waals surface area contributed by atoms with Crippen molar-refractivity contribution in [2.24, 2.45) is 0 Å². The van der Waals surface area contributed by atoms with Crippen LogP contribution in [0.1, 0.15) is 0 Å². The topological polar surface area (TPSA) is 0 Å². The van der Waals surface area contributed by atoms with Gasteiger partial charge in [-0.3, -0.25) is 0 Å². The molecule has 10 heavy (non-hydrogen) atoms. The molecule has 0 saturated carbocycles. The molecule has 0 spiro atoms. The summed E-state index contributed by atoms with van der Waals surface area (Å²) in [6.07, 6.45) is 0. The Hall–Kier alpha value is 2.71. The minimum Gasteiger partial charge on any atom is -0.429 e. The van der Waals surface area contributed by atoms with Gasteiger partial charge in [-0.15, -0.1) is 20.6 Å². The summed E-state index contributed by atoms with van der Waals surface area (Å²) in [5.74, 6) is 0. The third-order valence-electron chi connectivity index (χ3n) is 0.519. The maximum atomic E-state index is 4.83. The van der Waals surface area contributed by atoms with Crippen molar-refractivity contribution in [3.63, 3.8) is 0 Å². The molecule has 0 unspecified atom stereocenters. The molecule has 7 heteroatoms. The zero-order chi connectivity index (χ0) is 6.15. The predicted octanol–water partition coefficient (Wildman–Crippen LogP) is -3.64. The Morgan fingerprint density at radius 1 is 1.00 bits per heavy atom. The zero-order valence-corrected chi connectivity index (χ0v) is 13.6. The van der Waals surface area contributed by atoms with Crippen molar-refractivity contribution in [3.8, 4) is 0 Å². The van der Waals surface area contributed by atoms with E-state index in [0.717, 1.165) is 11.6 Å². The maximum absolute atomic E-state index is 4.83. The molecule has 0 aliphatic rings. The van der Waals surface area contributed by atoms with Gasteiger partial charge in [0, 0.05) is 0 Å². The molecule has 1 aromatic rings. The first-order valence-corrected chi connectivity index (χ1v) is 4.54. The van der Waals surface area contributed by atoms with Gasteiger partial charge in [-0.2, -0.15) is 0 Å². The Balaban J connectivity index is 0. The van der Waals surface area contributed by atoms with Gasteiger partial charge in [-0.1, -0.05) is 0 Å². The van der Waals surface area contributed by atoms with Gasteiger partial charge >= 0.3 is 59.1 Å². The van der Waals surface area contributed by atoms with Gasteiger partial charge in [0.15, 0.2) is 0 Å². The van der Waals surface area contributed by atoms with E-state index in [1.54, 1.807) is 0 Å². The fourth-order valence-electron chi connectivity index (χ4n) is 0.256. The van der Waals surface area contributed by atoms with E-state index in [1.165, 1.54) is 22.7 Å². The van der Waals surface area contributed by atoms with Crippen LogP contribution in [0.15, 0.2) is 8.42 Å². The third-order valence-corrected chi connectivity index (χ3v) is 4.06. The fourth-order valence-corrected chi connectivity index (χ4v) is 3.52. The Labute approximate surface area is 128 Å². The Bertz CT molecular complexity index is 215. The molecule has 1 aromatic heterocycles. The van der Waals surface area contributed by atoms with Crippen LogP contribution in [0.25, 0.3) is 0 Å². The fraction of sp³-hybridized carbons (Fsp3) is 0. The maximum Gasteiger partial charge on any atom is 1.00 e. The number of hydrogen-bond donors (Lipinski definition) is 0. The molecule has 0 aliphatic heterocycles. The molecule has 1 heterocycles. The molecule has 0 nitrogen and oxygen atoms in total. The van der Waals surface area contributed by atoms with Crippen LogP contribution in [0.4, 0.5) is 0 Å². The molecular formula is C3Na2S5. The van der Waals surface area contributed by atoms with Gasteiger partial charge in [0.2, 0.25) is 0 Å². The molecule has 0 saturated heterocycles. The van der Waals surface area contributed by atoms with Crippen LogP contribution in [0.2, 0.25) is 0 Å². The van der Waals surface area contributed by atoms with Gasteiger partial charge in [-0.05, 0) is 3.14 Å². The van der Waals surface area contributed by atoms with E-state index in [-0.39, 0.29) is 59.1 Å². The van der Waals surface area contributed by atoms with Gasteiger partial charge < -0.3 is 47.9 Å². The first-order valence-electron chi connectivity index (χ1n) is 1.68. The van der Waals surface area contributed by atoms with Crippen molar-refractivity contribution in [3.05, 3.63) is 3.14 Å². The molecule has 0 amide bonds. The molecule has 0 fully saturated rings. The van der Waals surface area contributed by atoms with E-state index in [9.17, 15) is 0 Å². The van der Waals surface area contributed by atoms with Gasteiger partial charge in [0.25, 0.3) is 0 Å². The van der Waals surface area contributed by atoms with Crippen LogP contribution in [0.3, 0.4) is 0 Å². The third kappa shape index (κ3) is 4.67. The summed E-state index contributed by atoms with van der Waals surface area (Å²) in [6, 6.07) is 0. The van der Waals surface area contributed by atoms with Crippen LogP contribution in [0.5, 0.6) is 0 Å². The number of rotatable bonds is 0. The van der Waals surface area contributed by atoms with Crippen LogP contribution in [0, 0.1) is 3.14 Å². The first-order chi connectivity index (χ1) is 3.70. The van der Waals surface area contributed by atoms with Gasteiger partial charge in [0.05, 0.1) is 0 Å². The summed E-state index contributed by atoms with van der Waals surface area (Å²) in [4.78, 5) is 0. The summed E-state index contributed by atoms with van der Waals surface area (Å²) in [5, 5.41) is 0. The smallest absolute Gasteiger partial charge is 0.429 e. The van der Waals surface area contributed by atoms with Crippen molar-refractivity contribution in [1.29, 1.82) is 0 Å². The van der Waals surface area contributed by atoms with E-state index in [4.69, 9.17) is 37.5 Å². The van der Waals surface area contributed by atoms with Crippen LogP contribution in [-0.2, 0) is 25.3 Å². The molecular weight excluding hydrogens is 242 g/mol. The van der Waals surface area contributed by atoms with E-state index < -0.39 is 0 Å². The molecule has 44 valence electrons. The van der Waals surface area contributed by atoms with E-state index in [2.05, 4.69) is 0 Å². The average Bonchev–Trinajstić information content (AvgIpc) is 1.85. The molecule has 0 bridgehead atoms. The van der Waals surface area contributed by atoms with E-state index in [0.29, 0.717) is 0 Å². The monoisotopic (exact) mass is 242 g/mol. The standard InChI is InChI=1S/C3H2S5.2Na/c4-1-2(5)8-3(6)7-1;;/h4-5H;;/q;2*+1/p-2. The van der Waals surface area contributed by atoms with Crippen LogP contribution < -0.4 is 59.1 Å². The minimum atomic E-state index is 0. The predicted molar refractivity (Wildman–Crippen MR) is 44.3 cm³/mol. The first kappa shape index (κ1) is 15.2.